The van der Waals surface area contributed by atoms with Gasteiger partial charge in [0.2, 0.25) is 0 Å². The molecule has 2 aromatic carbocycles. The van der Waals surface area contributed by atoms with Crippen molar-refractivity contribution in [3.8, 4) is 17.2 Å². The summed E-state index contributed by atoms with van der Waals surface area (Å²) in [5.41, 5.74) is 0.349. The van der Waals surface area contributed by atoms with Crippen molar-refractivity contribution in [2.24, 2.45) is 0 Å². The Labute approximate surface area is 186 Å². The SMILES string of the molecule is CCN1CCCC1CNC(=O)c1nn(-c2cc(OC)cc(OC)c2)c(=O)c2ccccc12. The summed E-state index contributed by atoms with van der Waals surface area (Å²) < 4.78 is 11.9. The van der Waals surface area contributed by atoms with Crippen LogP contribution in [0.3, 0.4) is 0 Å². The van der Waals surface area contributed by atoms with Crippen LogP contribution in [0.5, 0.6) is 11.5 Å². The Hall–Kier alpha value is -3.39. The molecule has 32 heavy (non-hydrogen) atoms. The van der Waals surface area contributed by atoms with Gasteiger partial charge in [-0.15, -0.1) is 0 Å². The second kappa shape index (κ2) is 9.40. The van der Waals surface area contributed by atoms with Crippen LogP contribution in [0.2, 0.25) is 0 Å². The fourth-order valence-corrected chi connectivity index (χ4v) is 4.28. The summed E-state index contributed by atoms with van der Waals surface area (Å²) in [5, 5.41) is 8.46. The Morgan fingerprint density at radius 3 is 2.47 bits per heavy atom. The average Bonchev–Trinajstić information content (AvgIpc) is 3.30. The molecule has 1 saturated heterocycles. The lowest BCUT2D eigenvalue weighted by atomic mass is 10.1. The monoisotopic (exact) mass is 436 g/mol. The van der Waals surface area contributed by atoms with Crippen LogP contribution in [0.15, 0.2) is 47.3 Å². The molecule has 8 nitrogen and oxygen atoms in total. The Morgan fingerprint density at radius 2 is 1.81 bits per heavy atom. The van der Waals surface area contributed by atoms with Crippen LogP contribution >= 0.6 is 0 Å². The van der Waals surface area contributed by atoms with Gasteiger partial charge in [0.15, 0.2) is 5.69 Å². The summed E-state index contributed by atoms with van der Waals surface area (Å²) in [6.45, 7) is 4.70. The third-order valence-electron chi connectivity index (χ3n) is 6.00. The van der Waals surface area contributed by atoms with Gasteiger partial charge >= 0.3 is 0 Å². The minimum Gasteiger partial charge on any atom is -0.497 e. The fraction of sp³-hybridized carbons (Fsp3) is 0.375. The highest BCUT2D eigenvalue weighted by Gasteiger charge is 2.24. The average molecular weight is 437 g/mol. The Balaban J connectivity index is 1.76. The zero-order valence-electron chi connectivity index (χ0n) is 18.6. The predicted molar refractivity (Wildman–Crippen MR) is 123 cm³/mol. The minimum atomic E-state index is -0.319. The summed E-state index contributed by atoms with van der Waals surface area (Å²) >= 11 is 0. The molecule has 0 radical (unpaired) electrons. The lowest BCUT2D eigenvalue weighted by Crippen LogP contribution is -2.40. The molecule has 1 fully saturated rings. The molecule has 0 bridgehead atoms. The van der Waals surface area contributed by atoms with Crippen molar-refractivity contribution in [2.45, 2.75) is 25.8 Å². The summed E-state index contributed by atoms with van der Waals surface area (Å²) in [4.78, 5) is 28.8. The highest BCUT2D eigenvalue weighted by atomic mass is 16.5. The number of likely N-dealkylation sites (tertiary alicyclic amines) is 1. The number of rotatable bonds is 7. The highest BCUT2D eigenvalue weighted by molar-refractivity contribution is 6.04. The van der Waals surface area contributed by atoms with Crippen molar-refractivity contribution in [1.29, 1.82) is 0 Å². The number of likely N-dealkylation sites (N-methyl/N-ethyl adjacent to an activating group) is 1. The molecule has 8 heteroatoms. The Bertz CT molecular complexity index is 1170. The Morgan fingerprint density at radius 1 is 1.12 bits per heavy atom. The first-order valence-corrected chi connectivity index (χ1v) is 10.8. The number of nitrogens with one attached hydrogen (secondary N) is 1. The number of aromatic nitrogens is 2. The number of benzene rings is 2. The highest BCUT2D eigenvalue weighted by Crippen LogP contribution is 2.25. The number of fused-ring (bicyclic) bond motifs is 1. The van der Waals surface area contributed by atoms with Gasteiger partial charge in [0.05, 0.1) is 25.3 Å². The summed E-state index contributed by atoms with van der Waals surface area (Å²) in [7, 11) is 3.08. The molecule has 1 N–H and O–H groups in total. The normalized spacial score (nSPS) is 16.3. The number of amides is 1. The van der Waals surface area contributed by atoms with Gasteiger partial charge in [-0.3, -0.25) is 14.5 Å². The first kappa shape index (κ1) is 21.8. The van der Waals surface area contributed by atoms with E-state index in [1.54, 1.807) is 42.5 Å². The summed E-state index contributed by atoms with van der Waals surface area (Å²) in [5.74, 6) is 0.744. The third kappa shape index (κ3) is 4.18. The molecule has 0 spiro atoms. The Kier molecular flexibility index (Phi) is 6.41. The number of ether oxygens (including phenoxy) is 2. The number of hydrogen-bond donors (Lipinski definition) is 1. The van der Waals surface area contributed by atoms with E-state index in [-0.39, 0.29) is 17.2 Å². The van der Waals surface area contributed by atoms with E-state index in [1.807, 2.05) is 0 Å². The van der Waals surface area contributed by atoms with E-state index in [0.29, 0.717) is 40.5 Å². The van der Waals surface area contributed by atoms with Crippen LogP contribution in [0.1, 0.15) is 30.3 Å². The van der Waals surface area contributed by atoms with Crippen LogP contribution in [-0.2, 0) is 0 Å². The maximum Gasteiger partial charge on any atom is 0.279 e. The molecule has 1 aromatic heterocycles. The van der Waals surface area contributed by atoms with Crippen LogP contribution < -0.4 is 20.3 Å². The second-order valence-electron chi connectivity index (χ2n) is 7.82. The molecule has 0 aliphatic carbocycles. The van der Waals surface area contributed by atoms with E-state index < -0.39 is 0 Å². The molecule has 1 unspecified atom stereocenters. The summed E-state index contributed by atoms with van der Waals surface area (Å²) in [6.07, 6.45) is 2.20. The van der Waals surface area contributed by atoms with E-state index in [1.165, 1.54) is 18.9 Å². The van der Waals surface area contributed by atoms with Gasteiger partial charge in [0.1, 0.15) is 11.5 Å². The van der Waals surface area contributed by atoms with Crippen molar-refractivity contribution in [1.82, 2.24) is 20.0 Å². The van der Waals surface area contributed by atoms with Gasteiger partial charge in [0.25, 0.3) is 11.5 Å². The van der Waals surface area contributed by atoms with Crippen molar-refractivity contribution in [3.63, 3.8) is 0 Å². The van der Waals surface area contributed by atoms with E-state index in [9.17, 15) is 9.59 Å². The molecule has 3 aromatic rings. The molecule has 0 saturated carbocycles. The van der Waals surface area contributed by atoms with Crippen LogP contribution in [0, 0.1) is 0 Å². The second-order valence-corrected chi connectivity index (χ2v) is 7.82. The smallest absolute Gasteiger partial charge is 0.279 e. The number of nitrogens with zero attached hydrogens (tertiary/aromatic N) is 3. The van der Waals surface area contributed by atoms with E-state index in [4.69, 9.17) is 9.47 Å². The maximum absolute atomic E-state index is 13.2. The number of carbonyl (C=O) groups excluding carboxylic acids is 1. The molecule has 4 rings (SSSR count). The molecule has 1 amide bonds. The lowest BCUT2D eigenvalue weighted by molar-refractivity contribution is 0.0936. The van der Waals surface area contributed by atoms with Crippen molar-refractivity contribution >= 4 is 16.7 Å². The molecule has 1 atom stereocenters. The summed E-state index contributed by atoms with van der Waals surface area (Å²) in [6, 6.07) is 12.4. The molecular weight excluding hydrogens is 408 g/mol. The topological polar surface area (TPSA) is 85.7 Å². The minimum absolute atomic E-state index is 0.211. The molecular formula is C24H28N4O4. The molecule has 168 valence electrons. The lowest BCUT2D eigenvalue weighted by Gasteiger charge is -2.23. The van der Waals surface area contributed by atoms with Gasteiger partial charge < -0.3 is 14.8 Å². The molecule has 2 heterocycles. The van der Waals surface area contributed by atoms with Crippen LogP contribution in [0.4, 0.5) is 0 Å². The van der Waals surface area contributed by atoms with Crippen LogP contribution in [0.25, 0.3) is 16.5 Å². The fourth-order valence-electron chi connectivity index (χ4n) is 4.28. The van der Waals surface area contributed by atoms with Crippen molar-refractivity contribution in [3.05, 3.63) is 58.5 Å². The third-order valence-corrected chi connectivity index (χ3v) is 6.00. The van der Waals surface area contributed by atoms with Crippen molar-refractivity contribution in [2.75, 3.05) is 33.9 Å². The molecule has 1 aliphatic heterocycles. The number of hydrogen-bond acceptors (Lipinski definition) is 6. The van der Waals surface area contributed by atoms with Gasteiger partial charge in [-0.1, -0.05) is 25.1 Å². The first-order chi connectivity index (χ1) is 15.5. The van der Waals surface area contributed by atoms with Gasteiger partial charge in [-0.05, 0) is 32.0 Å². The largest absolute Gasteiger partial charge is 0.497 e. The van der Waals surface area contributed by atoms with Gasteiger partial charge in [0, 0.05) is 36.2 Å². The van der Waals surface area contributed by atoms with Crippen molar-refractivity contribution < 1.29 is 14.3 Å². The number of methoxy groups -OCH3 is 2. The van der Waals surface area contributed by atoms with E-state index >= 15 is 0 Å². The quantitative estimate of drug-likeness (QED) is 0.613. The zero-order valence-corrected chi connectivity index (χ0v) is 18.6. The van der Waals surface area contributed by atoms with E-state index in [2.05, 4.69) is 22.2 Å². The van der Waals surface area contributed by atoms with Crippen LogP contribution in [-0.4, -0.2) is 60.5 Å². The first-order valence-electron chi connectivity index (χ1n) is 10.8. The molecule has 1 aliphatic rings. The van der Waals surface area contributed by atoms with E-state index in [0.717, 1.165) is 25.9 Å². The number of carbonyl (C=O) groups is 1. The van der Waals surface area contributed by atoms with Gasteiger partial charge in [-0.2, -0.15) is 9.78 Å². The zero-order chi connectivity index (χ0) is 22.7. The standard InChI is InChI=1S/C24H28N4O4/c1-4-27-11-7-8-16(27)15-25-23(29)22-20-9-5-6-10-21(20)24(30)28(26-22)17-12-18(31-2)14-19(13-17)32-3/h5-6,9-10,12-14,16H,4,7-8,11,15H2,1-3H3,(H,25,29). The maximum atomic E-state index is 13.2. The van der Waals surface area contributed by atoms with Gasteiger partial charge in [-0.25, -0.2) is 0 Å². The predicted octanol–water partition coefficient (Wildman–Crippen LogP) is 2.62.